The van der Waals surface area contributed by atoms with Crippen molar-refractivity contribution in [3.05, 3.63) is 58.8 Å². The van der Waals surface area contributed by atoms with Crippen molar-refractivity contribution in [1.82, 2.24) is 4.90 Å². The third-order valence-electron chi connectivity index (χ3n) is 5.54. The van der Waals surface area contributed by atoms with E-state index in [2.05, 4.69) is 4.72 Å². The van der Waals surface area contributed by atoms with Gasteiger partial charge in [0.25, 0.3) is 10.0 Å². The number of rotatable bonds is 6. The lowest BCUT2D eigenvalue weighted by Gasteiger charge is -2.26. The Hall–Kier alpha value is -3.08. The molecule has 1 amide bonds. The van der Waals surface area contributed by atoms with Gasteiger partial charge in [-0.3, -0.25) is 9.52 Å². The summed E-state index contributed by atoms with van der Waals surface area (Å²) in [4.78, 5) is 15.2. The lowest BCUT2D eigenvalue weighted by Crippen LogP contribution is -2.41. The zero-order chi connectivity index (χ0) is 22.8. The molecule has 0 spiro atoms. The second-order valence-electron chi connectivity index (χ2n) is 7.63. The van der Waals surface area contributed by atoms with Gasteiger partial charge in [0.15, 0.2) is 11.5 Å². The minimum atomic E-state index is -3.81. The van der Waals surface area contributed by atoms with E-state index in [1.165, 1.54) is 11.3 Å². The molecule has 33 heavy (non-hydrogen) atoms. The molecule has 1 aromatic heterocycles. The van der Waals surface area contributed by atoms with Crippen molar-refractivity contribution in [2.45, 2.75) is 11.3 Å². The molecule has 3 aromatic rings. The first kappa shape index (κ1) is 21.7. The van der Waals surface area contributed by atoms with Crippen LogP contribution in [0.5, 0.6) is 11.5 Å². The maximum absolute atomic E-state index is 13.0. The average Bonchev–Trinajstić information content (AvgIpc) is 3.48. The highest BCUT2D eigenvalue weighted by Crippen LogP contribution is 2.36. The van der Waals surface area contributed by atoms with Gasteiger partial charge in [-0.05, 0) is 46.8 Å². The molecule has 172 valence electrons. The van der Waals surface area contributed by atoms with Gasteiger partial charge in [-0.25, -0.2) is 8.42 Å². The summed E-state index contributed by atoms with van der Waals surface area (Å²) in [5.74, 6) is 1.33. The number of amides is 1. The third-order valence-corrected chi connectivity index (χ3v) is 7.84. The number of thiophene rings is 1. The number of anilines is 1. The molecule has 2 aliphatic heterocycles. The number of hydrogen-bond acceptors (Lipinski definition) is 7. The van der Waals surface area contributed by atoms with Gasteiger partial charge in [0.2, 0.25) is 12.7 Å². The number of fused-ring (bicyclic) bond motifs is 1. The Morgan fingerprint density at radius 3 is 2.48 bits per heavy atom. The minimum Gasteiger partial charge on any atom is -0.454 e. The van der Waals surface area contributed by atoms with E-state index in [-0.39, 0.29) is 24.0 Å². The van der Waals surface area contributed by atoms with Crippen LogP contribution in [-0.2, 0) is 26.0 Å². The second kappa shape index (κ2) is 9.05. The Labute approximate surface area is 195 Å². The number of carbonyl (C=O) groups excluding carboxylic acids is 1. The topological polar surface area (TPSA) is 94.2 Å². The minimum absolute atomic E-state index is 0.0331. The van der Waals surface area contributed by atoms with E-state index in [9.17, 15) is 13.2 Å². The van der Waals surface area contributed by atoms with Gasteiger partial charge in [0.1, 0.15) is 0 Å². The molecule has 0 saturated carbocycles. The van der Waals surface area contributed by atoms with E-state index < -0.39 is 10.0 Å². The molecule has 2 aromatic carbocycles. The highest BCUT2D eigenvalue weighted by atomic mass is 32.2. The van der Waals surface area contributed by atoms with E-state index in [4.69, 9.17) is 14.2 Å². The maximum Gasteiger partial charge on any atom is 0.261 e. The molecule has 10 heteroatoms. The van der Waals surface area contributed by atoms with Crippen molar-refractivity contribution in [1.29, 1.82) is 0 Å². The fourth-order valence-corrected chi connectivity index (χ4v) is 5.72. The fourth-order valence-electron chi connectivity index (χ4n) is 3.74. The molecule has 0 aliphatic carbocycles. The van der Waals surface area contributed by atoms with Crippen LogP contribution in [0, 0.1) is 0 Å². The Balaban J connectivity index is 1.30. The summed E-state index contributed by atoms with van der Waals surface area (Å²) in [5.41, 5.74) is 2.19. The molecule has 3 heterocycles. The molecule has 5 rings (SSSR count). The molecule has 1 fully saturated rings. The number of benzene rings is 2. The van der Waals surface area contributed by atoms with Gasteiger partial charge in [0, 0.05) is 18.0 Å². The van der Waals surface area contributed by atoms with Crippen LogP contribution in [0.3, 0.4) is 0 Å². The van der Waals surface area contributed by atoms with E-state index in [0.29, 0.717) is 48.4 Å². The highest BCUT2D eigenvalue weighted by molar-refractivity contribution is 7.92. The SMILES string of the molecule is O=C(Cc1sccc1NS(=O)(=O)c1ccc(-c2ccc3c(c2)OCO3)cc1)N1CCOCC1. The Bertz CT molecular complexity index is 1260. The lowest BCUT2D eigenvalue weighted by molar-refractivity contribution is -0.134. The van der Waals surface area contributed by atoms with E-state index >= 15 is 0 Å². The van der Waals surface area contributed by atoms with Crippen molar-refractivity contribution in [2.24, 2.45) is 0 Å². The molecule has 2 aliphatic rings. The number of nitrogens with one attached hydrogen (secondary N) is 1. The average molecular weight is 487 g/mol. The zero-order valence-electron chi connectivity index (χ0n) is 17.7. The molecule has 1 saturated heterocycles. The van der Waals surface area contributed by atoms with Crippen LogP contribution in [0.4, 0.5) is 5.69 Å². The highest BCUT2D eigenvalue weighted by Gasteiger charge is 2.22. The summed E-state index contributed by atoms with van der Waals surface area (Å²) in [6.45, 7) is 2.36. The molecule has 0 radical (unpaired) electrons. The van der Waals surface area contributed by atoms with Gasteiger partial charge in [-0.1, -0.05) is 18.2 Å². The molecule has 0 atom stereocenters. The van der Waals surface area contributed by atoms with Crippen LogP contribution in [0.15, 0.2) is 58.8 Å². The summed E-state index contributed by atoms with van der Waals surface area (Å²) >= 11 is 1.36. The molecular formula is C23H22N2O6S2. The Morgan fingerprint density at radius 2 is 1.70 bits per heavy atom. The first-order valence-electron chi connectivity index (χ1n) is 10.4. The smallest absolute Gasteiger partial charge is 0.261 e. The number of hydrogen-bond donors (Lipinski definition) is 1. The van der Waals surface area contributed by atoms with Crippen LogP contribution in [0.2, 0.25) is 0 Å². The van der Waals surface area contributed by atoms with Crippen molar-refractivity contribution in [2.75, 3.05) is 37.8 Å². The predicted octanol–water partition coefficient (Wildman–Crippen LogP) is 3.35. The van der Waals surface area contributed by atoms with E-state index in [1.54, 1.807) is 40.6 Å². The van der Waals surface area contributed by atoms with Crippen molar-refractivity contribution in [3.63, 3.8) is 0 Å². The van der Waals surface area contributed by atoms with Crippen molar-refractivity contribution >= 4 is 33.0 Å². The quantitative estimate of drug-likeness (QED) is 0.574. The number of ether oxygens (including phenoxy) is 3. The van der Waals surface area contributed by atoms with Crippen molar-refractivity contribution < 1.29 is 27.4 Å². The van der Waals surface area contributed by atoms with E-state index in [1.807, 2.05) is 18.2 Å². The first-order chi connectivity index (χ1) is 16.0. The zero-order valence-corrected chi connectivity index (χ0v) is 19.3. The number of carbonyl (C=O) groups is 1. The Morgan fingerprint density at radius 1 is 0.970 bits per heavy atom. The van der Waals surface area contributed by atoms with E-state index in [0.717, 1.165) is 11.1 Å². The maximum atomic E-state index is 13.0. The molecular weight excluding hydrogens is 464 g/mol. The van der Waals surface area contributed by atoms with Gasteiger partial charge in [0.05, 0.1) is 30.2 Å². The molecule has 0 bridgehead atoms. The summed E-state index contributed by atoms with van der Waals surface area (Å²) in [6, 6.07) is 13.9. The lowest BCUT2D eigenvalue weighted by atomic mass is 10.1. The fraction of sp³-hybridized carbons (Fsp3) is 0.261. The normalized spacial score (nSPS) is 15.5. The van der Waals surface area contributed by atoms with Crippen LogP contribution in [-0.4, -0.2) is 52.3 Å². The largest absolute Gasteiger partial charge is 0.454 e. The second-order valence-corrected chi connectivity index (χ2v) is 10.3. The van der Waals surface area contributed by atoms with Gasteiger partial charge in [-0.15, -0.1) is 11.3 Å². The molecule has 8 nitrogen and oxygen atoms in total. The Kier molecular flexibility index (Phi) is 5.96. The summed E-state index contributed by atoms with van der Waals surface area (Å²) in [5, 5.41) is 1.78. The summed E-state index contributed by atoms with van der Waals surface area (Å²) in [7, 11) is -3.81. The number of sulfonamides is 1. The monoisotopic (exact) mass is 486 g/mol. The van der Waals surface area contributed by atoms with Crippen LogP contribution in [0.1, 0.15) is 4.88 Å². The summed E-state index contributed by atoms with van der Waals surface area (Å²) < 4.78 is 44.6. The molecule has 0 unspecified atom stereocenters. The standard InChI is InChI=1S/C23H22N2O6S2/c26-23(25-8-10-29-11-9-25)14-22-19(7-12-32-22)24-33(27,28)18-4-1-16(2-5-18)17-3-6-20-21(13-17)31-15-30-20/h1-7,12-13,24H,8-11,14-15H2. The molecule has 1 N–H and O–H groups in total. The van der Waals surface area contributed by atoms with Crippen molar-refractivity contribution in [3.8, 4) is 22.6 Å². The third kappa shape index (κ3) is 4.68. The van der Waals surface area contributed by atoms with Crippen LogP contribution >= 0.6 is 11.3 Å². The van der Waals surface area contributed by atoms with Gasteiger partial charge in [-0.2, -0.15) is 0 Å². The predicted molar refractivity (Wildman–Crippen MR) is 124 cm³/mol. The van der Waals surface area contributed by atoms with Gasteiger partial charge < -0.3 is 19.1 Å². The van der Waals surface area contributed by atoms with Crippen LogP contribution in [0.25, 0.3) is 11.1 Å². The van der Waals surface area contributed by atoms with Crippen LogP contribution < -0.4 is 14.2 Å². The number of nitrogens with zero attached hydrogens (tertiary/aromatic N) is 1. The summed E-state index contributed by atoms with van der Waals surface area (Å²) in [6.07, 6.45) is 0.151. The number of morpholine rings is 1. The van der Waals surface area contributed by atoms with Gasteiger partial charge >= 0.3 is 0 Å². The first-order valence-corrected chi connectivity index (χ1v) is 12.8.